The number of nitrogens with one attached hydrogen (secondary N) is 1. The van der Waals surface area contributed by atoms with Crippen molar-refractivity contribution >= 4 is 22.0 Å². The molecule has 0 spiro atoms. The fourth-order valence-corrected chi connectivity index (χ4v) is 5.61. The topological polar surface area (TPSA) is 12.0 Å². The monoisotopic (exact) mass is 471 g/mol. The average Bonchev–Trinajstić information content (AvgIpc) is 2.91. The zero-order valence-corrected chi connectivity index (χ0v) is 19.8. The molecule has 0 saturated carbocycles. The predicted octanol–water partition coefficient (Wildman–Crippen LogP) is 8.89. The molecular weight excluding hydrogens is 440 g/mol. The largest absolute Gasteiger partial charge is 0.380 e. The van der Waals surface area contributed by atoms with Crippen LogP contribution in [-0.4, -0.2) is 23.8 Å². The van der Waals surface area contributed by atoms with Crippen LogP contribution in [0.25, 0.3) is 16.3 Å². The van der Waals surface area contributed by atoms with Crippen LogP contribution in [0.1, 0.15) is 71.4 Å². The Bertz CT molecular complexity index is 1070. The maximum atomic E-state index is 15.0. The summed E-state index contributed by atoms with van der Waals surface area (Å²) < 4.78 is 88.6. The SMILES string of the molecule is CC.CC.CCC1C2=C(c3ccc4cccc5c4c3NC1C5CC)C(F)(F)C(F)(F)C2(F)F. The first kappa shape index (κ1) is 25.4. The molecule has 2 aliphatic heterocycles. The van der Waals surface area contributed by atoms with E-state index in [1.807, 2.05) is 46.8 Å². The van der Waals surface area contributed by atoms with Gasteiger partial charge in [0.15, 0.2) is 0 Å². The lowest BCUT2D eigenvalue weighted by Crippen LogP contribution is -2.51. The Labute approximate surface area is 191 Å². The third-order valence-corrected chi connectivity index (χ3v) is 6.89. The minimum Gasteiger partial charge on any atom is -0.380 e. The Hall–Kier alpha value is -2.18. The highest BCUT2D eigenvalue weighted by Crippen LogP contribution is 2.67. The Kier molecular flexibility index (Phi) is 6.59. The second-order valence-electron chi connectivity index (χ2n) is 8.14. The molecule has 0 fully saturated rings. The summed E-state index contributed by atoms with van der Waals surface area (Å²) in [6.07, 6.45) is 0.617. The van der Waals surface area contributed by atoms with E-state index in [4.69, 9.17) is 0 Å². The van der Waals surface area contributed by atoms with Crippen LogP contribution < -0.4 is 5.32 Å². The van der Waals surface area contributed by atoms with Gasteiger partial charge >= 0.3 is 17.8 Å². The van der Waals surface area contributed by atoms with Gasteiger partial charge in [0.05, 0.1) is 5.69 Å². The van der Waals surface area contributed by atoms with Crippen LogP contribution in [-0.2, 0) is 0 Å². The zero-order valence-electron chi connectivity index (χ0n) is 19.8. The molecule has 0 amide bonds. The van der Waals surface area contributed by atoms with Gasteiger partial charge in [-0.1, -0.05) is 71.9 Å². The van der Waals surface area contributed by atoms with Gasteiger partial charge < -0.3 is 5.32 Å². The highest BCUT2D eigenvalue weighted by atomic mass is 19.3. The van der Waals surface area contributed by atoms with Gasteiger partial charge in [0.2, 0.25) is 0 Å². The number of alkyl halides is 6. The van der Waals surface area contributed by atoms with Crippen LogP contribution >= 0.6 is 0 Å². The minimum atomic E-state index is -5.47. The first-order valence-corrected chi connectivity index (χ1v) is 11.8. The van der Waals surface area contributed by atoms with Gasteiger partial charge in [-0.3, -0.25) is 0 Å². The molecule has 5 rings (SSSR count). The Morgan fingerprint density at radius 1 is 0.788 bits per heavy atom. The van der Waals surface area contributed by atoms with Crippen LogP contribution in [0.4, 0.5) is 32.0 Å². The average molecular weight is 472 g/mol. The van der Waals surface area contributed by atoms with Crippen LogP contribution in [0, 0.1) is 5.92 Å². The quantitative estimate of drug-likeness (QED) is 0.431. The number of hydrogen-bond donors (Lipinski definition) is 1. The van der Waals surface area contributed by atoms with Crippen LogP contribution in [0.5, 0.6) is 0 Å². The molecule has 7 heteroatoms. The predicted molar refractivity (Wildman–Crippen MR) is 123 cm³/mol. The van der Waals surface area contributed by atoms with E-state index >= 15 is 0 Å². The molecule has 2 bridgehead atoms. The molecule has 2 heterocycles. The summed E-state index contributed by atoms with van der Waals surface area (Å²) in [7, 11) is 0. The Morgan fingerprint density at radius 2 is 1.39 bits per heavy atom. The van der Waals surface area contributed by atoms with E-state index < -0.39 is 40.9 Å². The minimum absolute atomic E-state index is 0.0497. The van der Waals surface area contributed by atoms with Gasteiger partial charge in [-0.2, -0.15) is 26.3 Å². The van der Waals surface area contributed by atoms with E-state index in [-0.39, 0.29) is 23.6 Å². The van der Waals surface area contributed by atoms with Gasteiger partial charge in [0.1, 0.15) is 0 Å². The van der Waals surface area contributed by atoms with Crippen molar-refractivity contribution in [1.82, 2.24) is 0 Å². The first-order valence-electron chi connectivity index (χ1n) is 11.8. The molecule has 1 nitrogen and oxygen atoms in total. The van der Waals surface area contributed by atoms with Gasteiger partial charge in [0, 0.05) is 40.0 Å². The van der Waals surface area contributed by atoms with Crippen molar-refractivity contribution in [3.63, 3.8) is 0 Å². The molecular formula is C26H31F6N. The summed E-state index contributed by atoms with van der Waals surface area (Å²) in [6, 6.07) is 7.70. The molecule has 1 N–H and O–H groups in total. The molecule has 3 aliphatic rings. The summed E-state index contributed by atoms with van der Waals surface area (Å²) in [5, 5.41) is 4.65. The third-order valence-electron chi connectivity index (χ3n) is 6.89. The molecule has 2 aromatic carbocycles. The number of rotatable bonds is 2. The summed E-state index contributed by atoms with van der Waals surface area (Å²) in [6.45, 7) is 11.5. The lowest BCUT2D eigenvalue weighted by Gasteiger charge is -2.40. The van der Waals surface area contributed by atoms with E-state index in [9.17, 15) is 26.3 Å². The number of benzene rings is 2. The maximum absolute atomic E-state index is 15.0. The number of halogens is 6. The van der Waals surface area contributed by atoms with Gasteiger partial charge in [-0.25, -0.2) is 0 Å². The molecule has 33 heavy (non-hydrogen) atoms. The number of anilines is 1. The molecule has 0 radical (unpaired) electrons. The summed E-state index contributed by atoms with van der Waals surface area (Å²) in [5.41, 5.74) is -1.37. The molecule has 2 aromatic rings. The lowest BCUT2D eigenvalue weighted by atomic mass is 9.74. The van der Waals surface area contributed by atoms with E-state index in [0.717, 1.165) is 10.9 Å². The van der Waals surface area contributed by atoms with E-state index in [1.165, 1.54) is 6.07 Å². The van der Waals surface area contributed by atoms with Crippen LogP contribution in [0.15, 0.2) is 35.9 Å². The number of hydrogen-bond acceptors (Lipinski definition) is 1. The number of allylic oxidation sites excluding steroid dienone is 1. The third kappa shape index (κ3) is 3.06. The fourth-order valence-electron chi connectivity index (χ4n) is 5.61. The van der Waals surface area contributed by atoms with Crippen molar-refractivity contribution in [3.05, 3.63) is 47.0 Å². The molecule has 3 atom stereocenters. The summed E-state index contributed by atoms with van der Waals surface area (Å²) >= 11 is 0. The zero-order chi connectivity index (χ0) is 24.9. The molecule has 0 aromatic heterocycles. The highest BCUT2D eigenvalue weighted by Gasteiger charge is 2.81. The molecule has 3 unspecified atom stereocenters. The number of fused-ring (bicyclic) bond motifs is 2. The maximum Gasteiger partial charge on any atom is 0.380 e. The Balaban J connectivity index is 0.000000728. The molecule has 0 saturated heterocycles. The summed E-state index contributed by atoms with van der Waals surface area (Å²) in [5.74, 6) is -16.7. The second kappa shape index (κ2) is 8.55. The van der Waals surface area contributed by atoms with Crippen molar-refractivity contribution in [2.75, 3.05) is 5.32 Å². The van der Waals surface area contributed by atoms with Crippen LogP contribution in [0.3, 0.4) is 0 Å². The van der Waals surface area contributed by atoms with Gasteiger partial charge in [-0.15, -0.1) is 0 Å². The second-order valence-corrected chi connectivity index (χ2v) is 8.14. The van der Waals surface area contributed by atoms with Crippen LogP contribution in [0.2, 0.25) is 0 Å². The lowest BCUT2D eigenvalue weighted by molar-refractivity contribution is -0.261. The first-order chi connectivity index (χ1) is 15.6. The van der Waals surface area contributed by atoms with Gasteiger partial charge in [0.25, 0.3) is 0 Å². The smallest absolute Gasteiger partial charge is 0.380 e. The van der Waals surface area contributed by atoms with Gasteiger partial charge in [-0.05, 0) is 23.8 Å². The highest BCUT2D eigenvalue weighted by molar-refractivity contribution is 6.05. The normalized spacial score (nSPS) is 27.0. The fraction of sp³-hybridized carbons (Fsp3) is 0.538. The van der Waals surface area contributed by atoms with E-state index in [1.54, 1.807) is 19.1 Å². The van der Waals surface area contributed by atoms with Crippen molar-refractivity contribution in [3.8, 4) is 0 Å². The molecule has 1 aliphatic carbocycles. The van der Waals surface area contributed by atoms with Crippen molar-refractivity contribution in [1.29, 1.82) is 0 Å². The van der Waals surface area contributed by atoms with Crippen molar-refractivity contribution in [2.45, 2.75) is 84.1 Å². The van der Waals surface area contributed by atoms with E-state index in [0.29, 0.717) is 11.8 Å². The standard InChI is InChI=1S/C22H19F6N.2C2H6/c1-3-11-13-7-5-6-10-8-9-14-17-16(20(23,24)22(27,28)21(17,25)26)12(4-2)18(11)29-19(14)15(10)13;2*1-2/h5-9,11-12,18,29H,3-4H2,1-2H3;2*1-2H3. The van der Waals surface area contributed by atoms with Crippen molar-refractivity contribution in [2.24, 2.45) is 5.92 Å². The molecule has 182 valence electrons. The van der Waals surface area contributed by atoms with E-state index in [2.05, 4.69) is 5.32 Å². The van der Waals surface area contributed by atoms with Crippen molar-refractivity contribution < 1.29 is 26.3 Å². The Morgan fingerprint density at radius 3 is 1.97 bits per heavy atom. The summed E-state index contributed by atoms with van der Waals surface area (Å²) in [4.78, 5) is 0.